The van der Waals surface area contributed by atoms with Gasteiger partial charge in [-0.05, 0) is 37.4 Å². The summed E-state index contributed by atoms with van der Waals surface area (Å²) in [5.41, 5.74) is 0.901. The maximum absolute atomic E-state index is 12.0. The van der Waals surface area contributed by atoms with E-state index in [0.29, 0.717) is 12.3 Å². The van der Waals surface area contributed by atoms with Crippen LogP contribution in [0.5, 0.6) is 0 Å². The first kappa shape index (κ1) is 19.7. The normalized spacial score (nSPS) is 15.6. The highest BCUT2D eigenvalue weighted by Gasteiger charge is 2.20. The Morgan fingerprint density at radius 2 is 2.00 bits per heavy atom. The third-order valence-electron chi connectivity index (χ3n) is 5.26. The van der Waals surface area contributed by atoms with E-state index in [1.807, 2.05) is 30.3 Å². The standard InChI is InChI=1S/C21H32N4O2/c1-17(2)16-20(26)23(3)9-4-5-10-24-11-13-25(14-12-24)21-18-7-15-27-19(18)6-8-22-21/h6-8,15,17H,4-5,9-14,16H2,1-3H3. The predicted molar refractivity (Wildman–Crippen MR) is 109 cm³/mol. The summed E-state index contributed by atoms with van der Waals surface area (Å²) < 4.78 is 5.49. The van der Waals surface area contributed by atoms with E-state index in [0.717, 1.165) is 68.9 Å². The molecule has 2 aromatic heterocycles. The molecule has 0 radical (unpaired) electrons. The molecule has 0 N–H and O–H groups in total. The summed E-state index contributed by atoms with van der Waals surface area (Å²) in [7, 11) is 1.92. The lowest BCUT2D eigenvalue weighted by atomic mass is 10.1. The highest BCUT2D eigenvalue weighted by atomic mass is 16.3. The molecule has 0 bridgehead atoms. The van der Waals surface area contributed by atoms with E-state index >= 15 is 0 Å². The summed E-state index contributed by atoms with van der Waals surface area (Å²) in [6.45, 7) is 10.2. The van der Waals surface area contributed by atoms with Crippen LogP contribution in [0.1, 0.15) is 33.1 Å². The van der Waals surface area contributed by atoms with Crippen molar-refractivity contribution in [1.29, 1.82) is 0 Å². The molecule has 6 heteroatoms. The van der Waals surface area contributed by atoms with Gasteiger partial charge in [0.25, 0.3) is 0 Å². The van der Waals surface area contributed by atoms with Gasteiger partial charge in [-0.1, -0.05) is 13.8 Å². The maximum atomic E-state index is 12.0. The number of carbonyl (C=O) groups is 1. The Balaban J connectivity index is 1.38. The summed E-state index contributed by atoms with van der Waals surface area (Å²) in [5.74, 6) is 1.73. The molecule has 1 amide bonds. The molecule has 148 valence electrons. The van der Waals surface area contributed by atoms with Gasteiger partial charge in [0.05, 0.1) is 11.6 Å². The second-order valence-electron chi connectivity index (χ2n) is 7.92. The molecular formula is C21H32N4O2. The van der Waals surface area contributed by atoms with E-state index in [-0.39, 0.29) is 5.91 Å². The number of amides is 1. The van der Waals surface area contributed by atoms with Crippen molar-refractivity contribution in [1.82, 2.24) is 14.8 Å². The molecule has 6 nitrogen and oxygen atoms in total. The molecule has 0 spiro atoms. The second-order valence-corrected chi connectivity index (χ2v) is 7.92. The van der Waals surface area contributed by atoms with Gasteiger partial charge in [0, 0.05) is 52.4 Å². The molecule has 0 aromatic carbocycles. The van der Waals surface area contributed by atoms with Crippen LogP contribution in [-0.4, -0.2) is 67.0 Å². The molecule has 1 saturated heterocycles. The number of rotatable bonds is 8. The first-order valence-corrected chi connectivity index (χ1v) is 10.1. The lowest BCUT2D eigenvalue weighted by Gasteiger charge is -2.35. The monoisotopic (exact) mass is 372 g/mol. The van der Waals surface area contributed by atoms with Crippen LogP contribution in [0.4, 0.5) is 5.82 Å². The topological polar surface area (TPSA) is 52.8 Å². The Labute approximate surface area is 162 Å². The van der Waals surface area contributed by atoms with E-state index in [1.54, 1.807) is 6.26 Å². The minimum absolute atomic E-state index is 0.263. The number of pyridine rings is 1. The first-order chi connectivity index (χ1) is 13.0. The fourth-order valence-corrected chi connectivity index (χ4v) is 3.63. The van der Waals surface area contributed by atoms with Gasteiger partial charge < -0.3 is 14.2 Å². The molecular weight excluding hydrogens is 340 g/mol. The third-order valence-corrected chi connectivity index (χ3v) is 5.26. The van der Waals surface area contributed by atoms with Crippen LogP contribution in [0.2, 0.25) is 0 Å². The van der Waals surface area contributed by atoms with Crippen molar-refractivity contribution in [2.24, 2.45) is 5.92 Å². The van der Waals surface area contributed by atoms with Gasteiger partial charge in [-0.15, -0.1) is 0 Å². The lowest BCUT2D eigenvalue weighted by Crippen LogP contribution is -2.47. The van der Waals surface area contributed by atoms with Crippen molar-refractivity contribution in [2.45, 2.75) is 33.1 Å². The molecule has 0 unspecified atom stereocenters. The van der Waals surface area contributed by atoms with Crippen LogP contribution in [-0.2, 0) is 4.79 Å². The van der Waals surface area contributed by atoms with Gasteiger partial charge in [-0.3, -0.25) is 9.69 Å². The van der Waals surface area contributed by atoms with Crippen molar-refractivity contribution in [3.63, 3.8) is 0 Å². The minimum Gasteiger partial charge on any atom is -0.464 e. The van der Waals surface area contributed by atoms with Gasteiger partial charge >= 0.3 is 0 Å². The van der Waals surface area contributed by atoms with E-state index in [4.69, 9.17) is 4.42 Å². The van der Waals surface area contributed by atoms with Gasteiger partial charge in [0.15, 0.2) is 0 Å². The lowest BCUT2D eigenvalue weighted by molar-refractivity contribution is -0.130. The summed E-state index contributed by atoms with van der Waals surface area (Å²) in [5, 5.41) is 1.10. The number of aromatic nitrogens is 1. The van der Waals surface area contributed by atoms with Gasteiger partial charge in [0.1, 0.15) is 11.4 Å². The quantitative estimate of drug-likeness (QED) is 0.666. The average molecular weight is 373 g/mol. The number of hydrogen-bond acceptors (Lipinski definition) is 5. The zero-order valence-corrected chi connectivity index (χ0v) is 16.9. The molecule has 0 atom stereocenters. The number of furan rings is 1. The molecule has 0 saturated carbocycles. The fourth-order valence-electron chi connectivity index (χ4n) is 3.63. The smallest absolute Gasteiger partial charge is 0.222 e. The predicted octanol–water partition coefficient (Wildman–Crippen LogP) is 3.23. The van der Waals surface area contributed by atoms with Crippen LogP contribution in [0.3, 0.4) is 0 Å². The zero-order chi connectivity index (χ0) is 19.2. The number of carbonyl (C=O) groups excluding carboxylic acids is 1. The fraction of sp³-hybridized carbons (Fsp3) is 0.619. The molecule has 1 aliphatic rings. The number of hydrogen-bond donors (Lipinski definition) is 0. The van der Waals surface area contributed by atoms with Gasteiger partial charge in [-0.25, -0.2) is 4.98 Å². The van der Waals surface area contributed by atoms with Gasteiger partial charge in [-0.2, -0.15) is 0 Å². The number of fused-ring (bicyclic) bond motifs is 1. The van der Waals surface area contributed by atoms with E-state index in [9.17, 15) is 4.79 Å². The molecule has 1 fully saturated rings. The molecule has 3 heterocycles. The molecule has 1 aliphatic heterocycles. The van der Waals surface area contributed by atoms with Gasteiger partial charge in [0.2, 0.25) is 5.91 Å². The molecule has 0 aliphatic carbocycles. The average Bonchev–Trinajstić information content (AvgIpc) is 3.14. The van der Waals surface area contributed by atoms with Crippen LogP contribution in [0.25, 0.3) is 11.0 Å². The zero-order valence-electron chi connectivity index (χ0n) is 16.9. The number of anilines is 1. The van der Waals surface area contributed by atoms with Crippen molar-refractivity contribution < 1.29 is 9.21 Å². The van der Waals surface area contributed by atoms with Crippen LogP contribution in [0, 0.1) is 5.92 Å². The summed E-state index contributed by atoms with van der Waals surface area (Å²) in [6.07, 6.45) is 6.40. The Hall–Kier alpha value is -2.08. The van der Waals surface area contributed by atoms with Crippen LogP contribution >= 0.6 is 0 Å². The van der Waals surface area contributed by atoms with E-state index < -0.39 is 0 Å². The number of unbranched alkanes of at least 4 members (excludes halogenated alkanes) is 1. The van der Waals surface area contributed by atoms with Crippen molar-refractivity contribution >= 4 is 22.7 Å². The third kappa shape index (κ3) is 5.22. The first-order valence-electron chi connectivity index (χ1n) is 10.1. The maximum Gasteiger partial charge on any atom is 0.222 e. The molecule has 3 rings (SSSR count). The summed E-state index contributed by atoms with van der Waals surface area (Å²) >= 11 is 0. The Morgan fingerprint density at radius 1 is 1.22 bits per heavy atom. The van der Waals surface area contributed by atoms with Crippen LogP contribution in [0.15, 0.2) is 29.0 Å². The highest BCUT2D eigenvalue weighted by Crippen LogP contribution is 2.25. The van der Waals surface area contributed by atoms with Crippen molar-refractivity contribution in [3.8, 4) is 0 Å². The number of nitrogens with zero attached hydrogens (tertiary/aromatic N) is 4. The minimum atomic E-state index is 0.263. The van der Waals surface area contributed by atoms with Crippen LogP contribution < -0.4 is 4.90 Å². The van der Waals surface area contributed by atoms with Crippen molar-refractivity contribution in [3.05, 3.63) is 24.6 Å². The molecule has 27 heavy (non-hydrogen) atoms. The Kier molecular flexibility index (Phi) is 6.72. The summed E-state index contributed by atoms with van der Waals surface area (Å²) in [6, 6.07) is 3.92. The summed E-state index contributed by atoms with van der Waals surface area (Å²) in [4.78, 5) is 23.3. The number of piperazine rings is 1. The van der Waals surface area contributed by atoms with E-state index in [1.165, 1.54) is 0 Å². The molecule has 2 aromatic rings. The Bertz CT molecular complexity index is 735. The highest BCUT2D eigenvalue weighted by molar-refractivity contribution is 5.88. The largest absolute Gasteiger partial charge is 0.464 e. The van der Waals surface area contributed by atoms with Crippen molar-refractivity contribution in [2.75, 3.05) is 51.2 Å². The second kappa shape index (κ2) is 9.22. The SMILES string of the molecule is CC(C)CC(=O)N(C)CCCCN1CCN(c2nccc3occc23)CC1. The van der Waals surface area contributed by atoms with E-state index in [2.05, 4.69) is 28.6 Å². The Morgan fingerprint density at radius 3 is 2.74 bits per heavy atom.